The van der Waals surface area contributed by atoms with Crippen LogP contribution in [0.3, 0.4) is 0 Å². The second-order valence-electron chi connectivity index (χ2n) is 4.73. The zero-order valence-electron chi connectivity index (χ0n) is 11.3. The van der Waals surface area contributed by atoms with E-state index in [0.717, 1.165) is 28.1 Å². The molecule has 0 aliphatic rings. The van der Waals surface area contributed by atoms with Crippen molar-refractivity contribution in [1.82, 2.24) is 25.3 Å². The van der Waals surface area contributed by atoms with E-state index in [9.17, 15) is 4.79 Å². The molecule has 20 heavy (non-hydrogen) atoms. The van der Waals surface area contributed by atoms with Crippen LogP contribution in [0.2, 0.25) is 0 Å². The van der Waals surface area contributed by atoms with Crippen molar-refractivity contribution in [2.45, 2.75) is 20.4 Å². The standard InChI is InChI=1S/C14H15N5O/c1-8-13(17-7-16-8)14(20)15-6-10-3-4-11-12(5-10)19-9(2)18-11/h3-5,7H,6H2,1-2H3,(H,15,20)(H,16,17)(H,18,19). The van der Waals surface area contributed by atoms with Gasteiger partial charge in [0.05, 0.1) is 17.4 Å². The predicted octanol–water partition coefficient (Wildman–Crippen LogP) is 1.83. The maximum Gasteiger partial charge on any atom is 0.272 e. The number of rotatable bonds is 3. The van der Waals surface area contributed by atoms with Gasteiger partial charge in [0.2, 0.25) is 0 Å². The molecule has 3 aromatic rings. The van der Waals surface area contributed by atoms with Crippen LogP contribution >= 0.6 is 0 Å². The van der Waals surface area contributed by atoms with E-state index in [1.807, 2.05) is 32.0 Å². The quantitative estimate of drug-likeness (QED) is 0.678. The first-order valence-electron chi connectivity index (χ1n) is 6.37. The molecule has 6 nitrogen and oxygen atoms in total. The Morgan fingerprint density at radius 1 is 1.35 bits per heavy atom. The summed E-state index contributed by atoms with van der Waals surface area (Å²) >= 11 is 0. The smallest absolute Gasteiger partial charge is 0.272 e. The van der Waals surface area contributed by atoms with Gasteiger partial charge in [0.1, 0.15) is 11.5 Å². The number of aromatic nitrogens is 4. The summed E-state index contributed by atoms with van der Waals surface area (Å²) in [5, 5.41) is 2.86. The third-order valence-corrected chi connectivity index (χ3v) is 3.16. The molecule has 0 fully saturated rings. The van der Waals surface area contributed by atoms with Crippen LogP contribution in [0.1, 0.15) is 27.6 Å². The normalized spacial score (nSPS) is 10.9. The summed E-state index contributed by atoms with van der Waals surface area (Å²) in [6.07, 6.45) is 1.52. The van der Waals surface area contributed by atoms with E-state index in [0.29, 0.717) is 12.2 Å². The lowest BCUT2D eigenvalue weighted by atomic mass is 10.2. The van der Waals surface area contributed by atoms with Crippen molar-refractivity contribution in [2.24, 2.45) is 0 Å². The van der Waals surface area contributed by atoms with Crippen LogP contribution in [0.15, 0.2) is 24.5 Å². The first kappa shape index (κ1) is 12.4. The van der Waals surface area contributed by atoms with E-state index in [-0.39, 0.29) is 5.91 Å². The average molecular weight is 269 g/mol. The zero-order valence-corrected chi connectivity index (χ0v) is 11.3. The molecule has 3 rings (SSSR count). The van der Waals surface area contributed by atoms with Gasteiger partial charge in [-0.05, 0) is 31.5 Å². The van der Waals surface area contributed by atoms with Crippen LogP contribution in [0.25, 0.3) is 11.0 Å². The molecule has 0 radical (unpaired) electrons. The fourth-order valence-electron chi connectivity index (χ4n) is 2.15. The molecule has 2 heterocycles. The van der Waals surface area contributed by atoms with Gasteiger partial charge in [-0.3, -0.25) is 4.79 Å². The number of imidazole rings is 2. The number of amides is 1. The van der Waals surface area contributed by atoms with E-state index in [4.69, 9.17) is 0 Å². The maximum atomic E-state index is 12.0. The summed E-state index contributed by atoms with van der Waals surface area (Å²) in [5.41, 5.74) is 4.12. The molecule has 102 valence electrons. The van der Waals surface area contributed by atoms with E-state index < -0.39 is 0 Å². The number of H-pyrrole nitrogens is 2. The zero-order chi connectivity index (χ0) is 14.1. The summed E-state index contributed by atoms with van der Waals surface area (Å²) in [4.78, 5) is 26.4. The topological polar surface area (TPSA) is 86.5 Å². The molecule has 0 atom stereocenters. The Labute approximate surface area is 115 Å². The number of nitrogens with zero attached hydrogens (tertiary/aromatic N) is 2. The fraction of sp³-hybridized carbons (Fsp3) is 0.214. The Morgan fingerprint density at radius 2 is 2.20 bits per heavy atom. The largest absolute Gasteiger partial charge is 0.348 e. The van der Waals surface area contributed by atoms with Gasteiger partial charge in [0, 0.05) is 12.2 Å². The minimum absolute atomic E-state index is 0.176. The molecule has 3 N–H and O–H groups in total. The highest BCUT2D eigenvalue weighted by Gasteiger charge is 2.11. The number of hydrogen-bond acceptors (Lipinski definition) is 3. The number of carbonyl (C=O) groups excluding carboxylic acids is 1. The molecule has 6 heteroatoms. The molecule has 1 aromatic carbocycles. The molecule has 2 aromatic heterocycles. The summed E-state index contributed by atoms with van der Waals surface area (Å²) in [7, 11) is 0. The van der Waals surface area contributed by atoms with Gasteiger partial charge in [-0.2, -0.15) is 0 Å². The Hall–Kier alpha value is -2.63. The Bertz CT molecular complexity index is 771. The molecule has 0 saturated heterocycles. The summed E-state index contributed by atoms with van der Waals surface area (Å²) < 4.78 is 0. The molecular formula is C14H15N5O. The van der Waals surface area contributed by atoms with Crippen molar-refractivity contribution < 1.29 is 4.79 Å². The van der Waals surface area contributed by atoms with Crippen molar-refractivity contribution in [1.29, 1.82) is 0 Å². The molecule has 1 amide bonds. The highest BCUT2D eigenvalue weighted by atomic mass is 16.1. The van der Waals surface area contributed by atoms with Crippen LogP contribution < -0.4 is 5.32 Å². The third kappa shape index (κ3) is 2.27. The van der Waals surface area contributed by atoms with Crippen molar-refractivity contribution in [3.05, 3.63) is 47.3 Å². The van der Waals surface area contributed by atoms with Crippen LogP contribution in [0.4, 0.5) is 0 Å². The van der Waals surface area contributed by atoms with Gasteiger partial charge < -0.3 is 15.3 Å². The summed E-state index contributed by atoms with van der Waals surface area (Å²) in [6, 6.07) is 5.90. The monoisotopic (exact) mass is 269 g/mol. The first-order chi connectivity index (χ1) is 9.63. The van der Waals surface area contributed by atoms with Crippen molar-refractivity contribution in [2.75, 3.05) is 0 Å². The van der Waals surface area contributed by atoms with Crippen LogP contribution in [0.5, 0.6) is 0 Å². The van der Waals surface area contributed by atoms with E-state index in [1.165, 1.54) is 6.33 Å². The first-order valence-corrected chi connectivity index (χ1v) is 6.37. The second kappa shape index (κ2) is 4.80. The van der Waals surface area contributed by atoms with E-state index in [1.54, 1.807) is 0 Å². The molecule has 0 aliphatic heterocycles. The predicted molar refractivity (Wildman–Crippen MR) is 75.3 cm³/mol. The second-order valence-corrected chi connectivity index (χ2v) is 4.73. The molecule has 0 aliphatic carbocycles. The van der Waals surface area contributed by atoms with Crippen LogP contribution in [-0.4, -0.2) is 25.8 Å². The van der Waals surface area contributed by atoms with Crippen LogP contribution in [-0.2, 0) is 6.54 Å². The molecule has 0 spiro atoms. The van der Waals surface area contributed by atoms with Crippen molar-refractivity contribution >= 4 is 16.9 Å². The van der Waals surface area contributed by atoms with Gasteiger partial charge in [0.25, 0.3) is 5.91 Å². The Morgan fingerprint density at radius 3 is 2.95 bits per heavy atom. The third-order valence-electron chi connectivity index (χ3n) is 3.16. The van der Waals surface area contributed by atoms with Gasteiger partial charge in [-0.25, -0.2) is 9.97 Å². The highest BCUT2D eigenvalue weighted by molar-refractivity contribution is 5.93. The molecule has 0 unspecified atom stereocenters. The lowest BCUT2D eigenvalue weighted by Gasteiger charge is -2.04. The lowest BCUT2D eigenvalue weighted by Crippen LogP contribution is -2.23. The molecule has 0 saturated carbocycles. The Kier molecular flexibility index (Phi) is 2.98. The number of nitrogens with one attached hydrogen (secondary N) is 3. The average Bonchev–Trinajstić information content (AvgIpc) is 3.00. The minimum atomic E-state index is -0.176. The highest BCUT2D eigenvalue weighted by Crippen LogP contribution is 2.13. The summed E-state index contributed by atoms with van der Waals surface area (Å²) in [6.45, 7) is 4.20. The van der Waals surface area contributed by atoms with Gasteiger partial charge in [-0.15, -0.1) is 0 Å². The van der Waals surface area contributed by atoms with Gasteiger partial charge in [-0.1, -0.05) is 6.07 Å². The lowest BCUT2D eigenvalue weighted by molar-refractivity contribution is 0.0946. The maximum absolute atomic E-state index is 12.0. The number of carbonyl (C=O) groups is 1. The number of benzene rings is 1. The number of fused-ring (bicyclic) bond motifs is 1. The van der Waals surface area contributed by atoms with Gasteiger partial charge in [0.15, 0.2) is 0 Å². The summed E-state index contributed by atoms with van der Waals surface area (Å²) in [5.74, 6) is 0.706. The number of aromatic amines is 2. The van der Waals surface area contributed by atoms with E-state index >= 15 is 0 Å². The van der Waals surface area contributed by atoms with Crippen molar-refractivity contribution in [3.8, 4) is 0 Å². The Balaban J connectivity index is 1.73. The molecular weight excluding hydrogens is 254 g/mol. The van der Waals surface area contributed by atoms with E-state index in [2.05, 4.69) is 25.3 Å². The number of aryl methyl sites for hydroxylation is 2. The van der Waals surface area contributed by atoms with Crippen molar-refractivity contribution in [3.63, 3.8) is 0 Å². The fourth-order valence-corrected chi connectivity index (χ4v) is 2.15. The van der Waals surface area contributed by atoms with Crippen LogP contribution in [0, 0.1) is 13.8 Å². The number of hydrogen-bond donors (Lipinski definition) is 3. The van der Waals surface area contributed by atoms with Gasteiger partial charge >= 0.3 is 0 Å². The molecule has 0 bridgehead atoms. The SMILES string of the molecule is Cc1nc2ccc(CNC(=O)c3nc[nH]c3C)cc2[nH]1. The minimum Gasteiger partial charge on any atom is -0.348 e.